The number of carbonyl (C=O) groups excluding carboxylic acids is 1. The van der Waals surface area contributed by atoms with Crippen LogP contribution in [0.2, 0.25) is 0 Å². The van der Waals surface area contributed by atoms with Crippen molar-refractivity contribution >= 4 is 29.7 Å². The number of carbonyl (C=O) groups is 1. The lowest BCUT2D eigenvalue weighted by molar-refractivity contribution is -0.384. The minimum atomic E-state index is -0.535. The largest absolute Gasteiger partial charge is 0.393 e. The van der Waals surface area contributed by atoms with E-state index in [1.54, 1.807) is 17.9 Å². The molecule has 2 heterocycles. The monoisotopic (exact) mass is 369 g/mol. The Bertz CT molecular complexity index is 663. The van der Waals surface area contributed by atoms with Crippen LogP contribution in [0.4, 0.5) is 11.4 Å². The summed E-state index contributed by atoms with van der Waals surface area (Å²) in [7, 11) is 0. The summed E-state index contributed by atoms with van der Waals surface area (Å²) in [5, 5.41) is 14.4. The van der Waals surface area contributed by atoms with E-state index in [1.165, 1.54) is 6.07 Å². The summed E-state index contributed by atoms with van der Waals surface area (Å²) in [5.74, 6) is -0.211. The van der Waals surface area contributed by atoms with Crippen LogP contribution in [0.3, 0.4) is 0 Å². The zero-order valence-electron chi connectivity index (χ0n) is 14.2. The average Bonchev–Trinajstić information content (AvgIpc) is 3.06. The Morgan fingerprint density at radius 3 is 2.64 bits per heavy atom. The van der Waals surface area contributed by atoms with Crippen LogP contribution in [0.25, 0.3) is 0 Å². The molecule has 2 fully saturated rings. The minimum Gasteiger partial charge on any atom is -0.393 e. The van der Waals surface area contributed by atoms with Crippen molar-refractivity contribution in [3.8, 4) is 0 Å². The second-order valence-corrected chi connectivity index (χ2v) is 6.48. The highest BCUT2D eigenvalue weighted by Crippen LogP contribution is 2.29. The van der Waals surface area contributed by atoms with Gasteiger partial charge >= 0.3 is 0 Å². The van der Waals surface area contributed by atoms with Crippen molar-refractivity contribution in [2.24, 2.45) is 0 Å². The Hall–Kier alpha value is -1.90. The van der Waals surface area contributed by atoms with Crippen molar-refractivity contribution in [1.29, 1.82) is 0 Å². The van der Waals surface area contributed by atoms with Gasteiger partial charge in [0.15, 0.2) is 0 Å². The predicted molar refractivity (Wildman–Crippen MR) is 98.2 cm³/mol. The van der Waals surface area contributed by atoms with Gasteiger partial charge in [0.2, 0.25) is 0 Å². The lowest BCUT2D eigenvalue weighted by Gasteiger charge is -2.32. The molecule has 2 aliphatic heterocycles. The first-order valence-corrected chi connectivity index (χ1v) is 8.26. The molecule has 1 aromatic rings. The summed E-state index contributed by atoms with van der Waals surface area (Å²) >= 11 is 0. The van der Waals surface area contributed by atoms with Crippen LogP contribution < -0.4 is 11.1 Å². The molecule has 1 aromatic carbocycles. The van der Waals surface area contributed by atoms with Crippen molar-refractivity contribution in [2.45, 2.75) is 19.4 Å². The molecule has 1 amide bonds. The van der Waals surface area contributed by atoms with Gasteiger partial charge in [-0.25, -0.2) is 0 Å². The number of nitro groups is 1. The lowest BCUT2D eigenvalue weighted by Crippen LogP contribution is -2.49. The smallest absolute Gasteiger partial charge is 0.293 e. The van der Waals surface area contributed by atoms with Gasteiger partial charge in [-0.1, -0.05) is 0 Å². The number of halogens is 1. The van der Waals surface area contributed by atoms with E-state index in [9.17, 15) is 14.9 Å². The first kappa shape index (κ1) is 19.4. The highest BCUT2D eigenvalue weighted by atomic mass is 35.5. The average molecular weight is 370 g/mol. The third-order valence-electron chi connectivity index (χ3n) is 4.85. The van der Waals surface area contributed by atoms with Crippen LogP contribution in [-0.2, 0) is 0 Å². The highest BCUT2D eigenvalue weighted by Gasteiger charge is 2.33. The quantitative estimate of drug-likeness (QED) is 0.468. The number of nitrogens with two attached hydrogens (primary N) is 1. The summed E-state index contributed by atoms with van der Waals surface area (Å²) < 4.78 is 0. The Morgan fingerprint density at radius 1 is 1.32 bits per heavy atom. The zero-order valence-corrected chi connectivity index (χ0v) is 15.1. The van der Waals surface area contributed by atoms with Gasteiger partial charge < -0.3 is 16.0 Å². The first-order valence-electron chi connectivity index (χ1n) is 8.26. The summed E-state index contributed by atoms with van der Waals surface area (Å²) in [6.07, 6.45) is 0.930. The van der Waals surface area contributed by atoms with Crippen molar-refractivity contribution in [3.63, 3.8) is 0 Å². The standard InChI is InChI=1S/C16H23N5O3.ClH/c1-11-8-13(15(17)14(9-11)21(23)24)16(22)20-5-2-12(10-20)19-6-3-18-4-7-19;/h8-9,12,18H,2-7,10,17H2,1H3;1H. The molecular formula is C16H24ClN5O3. The molecule has 2 aliphatic rings. The zero-order chi connectivity index (χ0) is 17.3. The first-order chi connectivity index (χ1) is 11.5. The van der Waals surface area contributed by atoms with E-state index in [-0.39, 0.29) is 35.3 Å². The van der Waals surface area contributed by atoms with Crippen molar-refractivity contribution < 1.29 is 9.72 Å². The van der Waals surface area contributed by atoms with Gasteiger partial charge in [-0.2, -0.15) is 0 Å². The number of amides is 1. The second kappa shape index (κ2) is 7.99. The Morgan fingerprint density at radius 2 is 2.00 bits per heavy atom. The molecule has 1 atom stereocenters. The van der Waals surface area contributed by atoms with E-state index in [2.05, 4.69) is 10.2 Å². The molecule has 1 unspecified atom stereocenters. The fraction of sp³-hybridized carbons (Fsp3) is 0.562. The highest BCUT2D eigenvalue weighted by molar-refractivity contribution is 6.01. The van der Waals surface area contributed by atoms with Crippen LogP contribution in [0.1, 0.15) is 22.3 Å². The molecule has 3 rings (SSSR count). The number of hydrogen-bond acceptors (Lipinski definition) is 6. The van der Waals surface area contributed by atoms with Crippen molar-refractivity contribution in [1.82, 2.24) is 15.1 Å². The molecule has 138 valence electrons. The van der Waals surface area contributed by atoms with E-state index in [1.807, 2.05) is 0 Å². The number of nitrogen functional groups attached to an aromatic ring is 1. The molecule has 0 aromatic heterocycles. The van der Waals surface area contributed by atoms with Crippen molar-refractivity contribution in [3.05, 3.63) is 33.4 Å². The van der Waals surface area contributed by atoms with E-state index in [0.29, 0.717) is 24.7 Å². The molecular weight excluding hydrogens is 346 g/mol. The maximum atomic E-state index is 12.8. The maximum absolute atomic E-state index is 12.8. The SMILES string of the molecule is Cc1cc(C(=O)N2CCC(N3CCNCC3)C2)c(N)c([N+](=O)[O-])c1.Cl. The molecule has 0 radical (unpaired) electrons. The number of benzene rings is 1. The van der Waals surface area contributed by atoms with E-state index in [0.717, 1.165) is 32.6 Å². The normalized spacial score (nSPS) is 21.0. The lowest BCUT2D eigenvalue weighted by atomic mass is 10.1. The molecule has 0 aliphatic carbocycles. The molecule has 2 saturated heterocycles. The van der Waals surface area contributed by atoms with Gasteiger partial charge in [-0.15, -0.1) is 12.4 Å². The van der Waals surface area contributed by atoms with Gasteiger partial charge in [-0.05, 0) is 25.0 Å². The topological polar surface area (TPSA) is 105 Å². The number of hydrogen-bond donors (Lipinski definition) is 2. The molecule has 0 bridgehead atoms. The van der Waals surface area contributed by atoms with Crippen LogP contribution >= 0.6 is 12.4 Å². The number of anilines is 1. The Balaban J connectivity index is 0.00000225. The third kappa shape index (κ3) is 4.02. The summed E-state index contributed by atoms with van der Waals surface area (Å²) in [6, 6.07) is 3.40. The van der Waals surface area contributed by atoms with Crippen LogP contribution in [0.5, 0.6) is 0 Å². The van der Waals surface area contributed by atoms with Gasteiger partial charge in [0.1, 0.15) is 5.69 Å². The molecule has 0 saturated carbocycles. The summed E-state index contributed by atoms with van der Waals surface area (Å²) in [4.78, 5) is 27.6. The van der Waals surface area contributed by atoms with E-state index in [4.69, 9.17) is 5.73 Å². The summed E-state index contributed by atoms with van der Waals surface area (Å²) in [6.45, 7) is 6.98. The fourth-order valence-electron chi connectivity index (χ4n) is 3.55. The molecule has 0 spiro atoms. The molecule has 3 N–H and O–H groups in total. The van der Waals surface area contributed by atoms with Crippen LogP contribution in [0, 0.1) is 17.0 Å². The van der Waals surface area contributed by atoms with E-state index >= 15 is 0 Å². The number of aryl methyl sites for hydroxylation is 1. The third-order valence-corrected chi connectivity index (χ3v) is 4.85. The number of piperazine rings is 1. The van der Waals surface area contributed by atoms with Gasteiger partial charge in [-0.3, -0.25) is 19.8 Å². The Kier molecular flexibility index (Phi) is 6.21. The Labute approximate surface area is 152 Å². The molecule has 8 nitrogen and oxygen atoms in total. The van der Waals surface area contributed by atoms with Gasteiger partial charge in [0, 0.05) is 51.4 Å². The number of nitro benzene ring substituents is 1. The number of rotatable bonds is 3. The number of nitrogens with zero attached hydrogens (tertiary/aromatic N) is 3. The van der Waals surface area contributed by atoms with Gasteiger partial charge in [0.25, 0.3) is 11.6 Å². The fourth-order valence-corrected chi connectivity index (χ4v) is 3.55. The van der Waals surface area contributed by atoms with Gasteiger partial charge in [0.05, 0.1) is 10.5 Å². The van der Waals surface area contributed by atoms with Crippen LogP contribution in [0.15, 0.2) is 12.1 Å². The number of likely N-dealkylation sites (tertiary alicyclic amines) is 1. The molecule has 9 heteroatoms. The maximum Gasteiger partial charge on any atom is 0.293 e. The van der Waals surface area contributed by atoms with E-state index < -0.39 is 4.92 Å². The van der Waals surface area contributed by atoms with Crippen molar-refractivity contribution in [2.75, 3.05) is 45.0 Å². The predicted octanol–water partition coefficient (Wildman–Crippen LogP) is 1.03. The molecule has 25 heavy (non-hydrogen) atoms. The summed E-state index contributed by atoms with van der Waals surface area (Å²) in [5.41, 5.74) is 6.56. The number of nitrogens with one attached hydrogen (secondary N) is 1. The second-order valence-electron chi connectivity index (χ2n) is 6.48. The van der Waals surface area contributed by atoms with Crippen LogP contribution in [-0.4, -0.2) is 65.9 Å². The minimum absolute atomic E-state index is 0.